The molecular formula is C8H14ClF. The van der Waals surface area contributed by atoms with Gasteiger partial charge in [-0.05, 0) is 25.2 Å². The Hall–Kier alpha value is 0.220. The summed E-state index contributed by atoms with van der Waals surface area (Å²) in [6, 6.07) is 0. The second-order valence-corrected chi connectivity index (χ2v) is 3.87. The Morgan fingerprint density at radius 1 is 1.40 bits per heavy atom. The summed E-state index contributed by atoms with van der Waals surface area (Å²) in [5.41, 5.74) is 0. The van der Waals surface area contributed by atoms with Crippen molar-refractivity contribution in [2.24, 2.45) is 5.92 Å². The minimum atomic E-state index is -0.662. The molecule has 3 atom stereocenters. The van der Waals surface area contributed by atoms with E-state index >= 15 is 0 Å². The zero-order chi connectivity index (χ0) is 7.56. The summed E-state index contributed by atoms with van der Waals surface area (Å²) in [7, 11) is 0. The van der Waals surface area contributed by atoms with Gasteiger partial charge in [0, 0.05) is 5.38 Å². The molecule has 0 saturated heterocycles. The summed E-state index contributed by atoms with van der Waals surface area (Å²) in [5.74, 6) is 0.226. The second-order valence-electron chi connectivity index (χ2n) is 3.26. The highest BCUT2D eigenvalue weighted by atomic mass is 35.5. The maximum Gasteiger partial charge on any atom is 0.104 e. The van der Waals surface area contributed by atoms with Crippen LogP contribution >= 0.6 is 11.6 Å². The number of alkyl halides is 2. The predicted molar refractivity (Wildman–Crippen MR) is 42.2 cm³/mol. The number of hydrogen-bond acceptors (Lipinski definition) is 0. The van der Waals surface area contributed by atoms with Crippen molar-refractivity contribution < 1.29 is 4.39 Å². The molecule has 0 spiro atoms. The Morgan fingerprint density at radius 2 is 2.10 bits per heavy atom. The first-order valence-corrected chi connectivity index (χ1v) is 4.42. The van der Waals surface area contributed by atoms with Gasteiger partial charge in [0.1, 0.15) is 6.17 Å². The Labute approximate surface area is 66.8 Å². The Kier molecular flexibility index (Phi) is 2.96. The molecule has 1 aliphatic rings. The van der Waals surface area contributed by atoms with Gasteiger partial charge in [0.05, 0.1) is 0 Å². The molecule has 2 unspecified atom stereocenters. The molecule has 60 valence electrons. The van der Waals surface area contributed by atoms with Crippen LogP contribution in [0.3, 0.4) is 0 Å². The van der Waals surface area contributed by atoms with E-state index in [1.807, 2.05) is 6.92 Å². The monoisotopic (exact) mass is 164 g/mol. The fourth-order valence-corrected chi connectivity index (χ4v) is 1.76. The SMILES string of the molecule is CC1CCC[C@H](Cl)CC1F. The van der Waals surface area contributed by atoms with Crippen LogP contribution in [-0.2, 0) is 0 Å². The van der Waals surface area contributed by atoms with Gasteiger partial charge < -0.3 is 0 Å². The Morgan fingerprint density at radius 3 is 2.80 bits per heavy atom. The molecule has 0 N–H and O–H groups in total. The van der Waals surface area contributed by atoms with Gasteiger partial charge in [0.15, 0.2) is 0 Å². The maximum absolute atomic E-state index is 13.0. The van der Waals surface area contributed by atoms with E-state index in [1.54, 1.807) is 0 Å². The van der Waals surface area contributed by atoms with E-state index in [1.165, 1.54) is 0 Å². The van der Waals surface area contributed by atoms with Crippen LogP contribution in [-0.4, -0.2) is 11.5 Å². The molecule has 1 fully saturated rings. The number of hydrogen-bond donors (Lipinski definition) is 0. The molecule has 0 aromatic heterocycles. The highest BCUT2D eigenvalue weighted by Gasteiger charge is 2.23. The van der Waals surface area contributed by atoms with Crippen molar-refractivity contribution in [3.05, 3.63) is 0 Å². The minimum Gasteiger partial charge on any atom is -0.247 e. The fraction of sp³-hybridized carbons (Fsp3) is 1.00. The lowest BCUT2D eigenvalue weighted by atomic mass is 10.0. The van der Waals surface area contributed by atoms with Crippen molar-refractivity contribution >= 4 is 11.6 Å². The normalized spacial score (nSPS) is 42.9. The third kappa shape index (κ3) is 2.12. The van der Waals surface area contributed by atoms with Crippen LogP contribution in [0, 0.1) is 5.92 Å². The first kappa shape index (κ1) is 8.32. The molecular weight excluding hydrogens is 151 g/mol. The summed E-state index contributed by atoms with van der Waals surface area (Å²) in [6.45, 7) is 1.97. The number of rotatable bonds is 0. The lowest BCUT2D eigenvalue weighted by Gasteiger charge is -2.12. The Bertz CT molecular complexity index is 105. The largest absolute Gasteiger partial charge is 0.247 e. The van der Waals surface area contributed by atoms with Crippen LogP contribution in [0.1, 0.15) is 32.6 Å². The van der Waals surface area contributed by atoms with Crippen molar-refractivity contribution in [3.63, 3.8) is 0 Å². The van der Waals surface area contributed by atoms with Gasteiger partial charge in [-0.1, -0.05) is 13.3 Å². The van der Waals surface area contributed by atoms with Crippen LogP contribution in [0.25, 0.3) is 0 Å². The van der Waals surface area contributed by atoms with Crippen molar-refractivity contribution in [2.75, 3.05) is 0 Å². The molecule has 0 nitrogen and oxygen atoms in total. The molecule has 1 aliphatic carbocycles. The summed E-state index contributed by atoms with van der Waals surface area (Å²) < 4.78 is 13.0. The third-order valence-electron chi connectivity index (χ3n) is 2.28. The highest BCUT2D eigenvalue weighted by molar-refractivity contribution is 6.20. The zero-order valence-corrected chi connectivity index (χ0v) is 7.07. The minimum absolute atomic E-state index is 0.0833. The van der Waals surface area contributed by atoms with E-state index in [2.05, 4.69) is 0 Å². The lowest BCUT2D eigenvalue weighted by molar-refractivity contribution is 0.230. The van der Waals surface area contributed by atoms with Crippen molar-refractivity contribution in [3.8, 4) is 0 Å². The third-order valence-corrected chi connectivity index (χ3v) is 2.67. The first-order valence-electron chi connectivity index (χ1n) is 3.98. The molecule has 10 heavy (non-hydrogen) atoms. The topological polar surface area (TPSA) is 0 Å². The average molecular weight is 165 g/mol. The van der Waals surface area contributed by atoms with Crippen LogP contribution in [0.4, 0.5) is 4.39 Å². The standard InChI is InChI=1S/C8H14ClF/c1-6-3-2-4-7(9)5-8(6)10/h6-8H,2-5H2,1H3/t6?,7-,8?/m0/s1. The summed E-state index contributed by atoms with van der Waals surface area (Å²) in [5, 5.41) is 0.0833. The van der Waals surface area contributed by atoms with Crippen molar-refractivity contribution in [1.82, 2.24) is 0 Å². The van der Waals surface area contributed by atoms with Crippen LogP contribution in [0.2, 0.25) is 0 Å². The van der Waals surface area contributed by atoms with Gasteiger partial charge in [-0.3, -0.25) is 0 Å². The van der Waals surface area contributed by atoms with E-state index < -0.39 is 6.17 Å². The van der Waals surface area contributed by atoms with Crippen molar-refractivity contribution in [1.29, 1.82) is 0 Å². The van der Waals surface area contributed by atoms with Gasteiger partial charge in [0.2, 0.25) is 0 Å². The van der Waals surface area contributed by atoms with Gasteiger partial charge in [-0.2, -0.15) is 0 Å². The van der Waals surface area contributed by atoms with Crippen LogP contribution < -0.4 is 0 Å². The van der Waals surface area contributed by atoms with E-state index in [0.717, 1.165) is 19.3 Å². The van der Waals surface area contributed by atoms with Crippen molar-refractivity contribution in [2.45, 2.75) is 44.2 Å². The summed E-state index contributed by atoms with van der Waals surface area (Å²) in [4.78, 5) is 0. The quantitative estimate of drug-likeness (QED) is 0.381. The summed E-state index contributed by atoms with van der Waals surface area (Å²) in [6.07, 6.45) is 2.99. The summed E-state index contributed by atoms with van der Waals surface area (Å²) >= 11 is 5.84. The molecule has 2 heteroatoms. The molecule has 1 saturated carbocycles. The fourth-order valence-electron chi connectivity index (χ4n) is 1.44. The average Bonchev–Trinajstić information content (AvgIpc) is 1.96. The zero-order valence-electron chi connectivity index (χ0n) is 6.32. The van der Waals surface area contributed by atoms with Gasteiger partial charge in [-0.25, -0.2) is 4.39 Å². The molecule has 0 bridgehead atoms. The van der Waals surface area contributed by atoms with E-state index in [0.29, 0.717) is 6.42 Å². The predicted octanol–water partition coefficient (Wildman–Crippen LogP) is 3.14. The first-order chi connectivity index (χ1) is 4.70. The van der Waals surface area contributed by atoms with Crippen LogP contribution in [0.5, 0.6) is 0 Å². The molecule has 0 aromatic rings. The van der Waals surface area contributed by atoms with E-state index in [9.17, 15) is 4.39 Å². The van der Waals surface area contributed by atoms with Gasteiger partial charge in [0.25, 0.3) is 0 Å². The van der Waals surface area contributed by atoms with E-state index in [-0.39, 0.29) is 11.3 Å². The highest BCUT2D eigenvalue weighted by Crippen LogP contribution is 2.28. The Balaban J connectivity index is 2.41. The van der Waals surface area contributed by atoms with Gasteiger partial charge >= 0.3 is 0 Å². The molecule has 0 radical (unpaired) electrons. The molecule has 0 heterocycles. The van der Waals surface area contributed by atoms with Gasteiger partial charge in [-0.15, -0.1) is 11.6 Å². The molecule has 0 amide bonds. The number of halogens is 2. The molecule has 0 aromatic carbocycles. The van der Waals surface area contributed by atoms with Crippen LogP contribution in [0.15, 0.2) is 0 Å². The van der Waals surface area contributed by atoms with E-state index in [4.69, 9.17) is 11.6 Å². The maximum atomic E-state index is 13.0. The molecule has 1 rings (SSSR count). The molecule has 0 aliphatic heterocycles. The smallest absolute Gasteiger partial charge is 0.104 e. The second kappa shape index (κ2) is 3.56. The lowest BCUT2D eigenvalue weighted by Crippen LogP contribution is -2.13.